The van der Waals surface area contributed by atoms with Gasteiger partial charge in [-0.3, -0.25) is 4.90 Å². The number of rotatable bonds is 8. The Morgan fingerprint density at radius 3 is 2.22 bits per heavy atom. The van der Waals surface area contributed by atoms with Gasteiger partial charge < -0.3 is 5.73 Å². The van der Waals surface area contributed by atoms with Gasteiger partial charge in [0, 0.05) is 18.6 Å². The fraction of sp³-hybridized carbons (Fsp3) is 1.00. The molecule has 2 atom stereocenters. The van der Waals surface area contributed by atoms with Gasteiger partial charge in [0.2, 0.25) is 0 Å². The van der Waals surface area contributed by atoms with Crippen LogP contribution in [0.2, 0.25) is 0 Å². The molecule has 2 N–H and O–H groups in total. The highest BCUT2D eigenvalue weighted by atomic mass is 15.2. The second kappa shape index (κ2) is 8.16. The molecule has 1 aliphatic rings. The molecular formula is C16H34N2. The zero-order chi connectivity index (χ0) is 13.5. The summed E-state index contributed by atoms with van der Waals surface area (Å²) in [6, 6.07) is 1.41. The van der Waals surface area contributed by atoms with E-state index in [2.05, 4.69) is 32.6 Å². The molecular weight excluding hydrogens is 220 g/mol. The molecule has 108 valence electrons. The Labute approximate surface area is 114 Å². The molecule has 0 heterocycles. The summed E-state index contributed by atoms with van der Waals surface area (Å²) in [5, 5.41) is 0. The summed E-state index contributed by atoms with van der Waals surface area (Å²) < 4.78 is 0. The van der Waals surface area contributed by atoms with E-state index in [9.17, 15) is 0 Å². The van der Waals surface area contributed by atoms with Crippen LogP contribution in [-0.4, -0.2) is 30.1 Å². The van der Waals surface area contributed by atoms with Crippen LogP contribution >= 0.6 is 0 Å². The van der Waals surface area contributed by atoms with Crippen LogP contribution in [0.5, 0.6) is 0 Å². The van der Waals surface area contributed by atoms with Gasteiger partial charge in [-0.1, -0.05) is 47.0 Å². The first-order valence-corrected chi connectivity index (χ1v) is 8.05. The molecule has 0 aromatic heterocycles. The van der Waals surface area contributed by atoms with Crippen molar-refractivity contribution in [2.45, 2.75) is 78.3 Å². The zero-order valence-corrected chi connectivity index (χ0v) is 13.0. The van der Waals surface area contributed by atoms with E-state index < -0.39 is 0 Å². The van der Waals surface area contributed by atoms with Gasteiger partial charge in [0.25, 0.3) is 0 Å². The molecule has 1 aliphatic carbocycles. The number of hydrogen-bond donors (Lipinski definition) is 1. The lowest BCUT2D eigenvalue weighted by atomic mass is 9.95. The first-order chi connectivity index (χ1) is 8.60. The number of hydrogen-bond acceptors (Lipinski definition) is 2. The normalized spacial score (nSPS) is 20.8. The molecule has 0 aromatic carbocycles. The minimum absolute atomic E-state index is 0.594. The van der Waals surface area contributed by atoms with Crippen molar-refractivity contribution in [2.24, 2.45) is 17.6 Å². The van der Waals surface area contributed by atoms with Crippen molar-refractivity contribution in [3.05, 3.63) is 0 Å². The highest BCUT2D eigenvalue weighted by molar-refractivity contribution is 4.86. The quantitative estimate of drug-likeness (QED) is 0.716. The largest absolute Gasteiger partial charge is 0.329 e. The van der Waals surface area contributed by atoms with Crippen molar-refractivity contribution in [2.75, 3.05) is 13.1 Å². The molecule has 0 amide bonds. The van der Waals surface area contributed by atoms with E-state index in [1.165, 1.54) is 45.1 Å². The summed E-state index contributed by atoms with van der Waals surface area (Å²) in [6.45, 7) is 11.4. The average molecular weight is 254 g/mol. The SMILES string of the molecule is CCC(C)C(CN)N(CCC(C)C)C1CCCC1. The summed E-state index contributed by atoms with van der Waals surface area (Å²) >= 11 is 0. The molecule has 0 radical (unpaired) electrons. The molecule has 2 heteroatoms. The maximum absolute atomic E-state index is 6.08. The fourth-order valence-corrected chi connectivity index (χ4v) is 3.23. The molecule has 18 heavy (non-hydrogen) atoms. The molecule has 2 unspecified atom stereocenters. The van der Waals surface area contributed by atoms with Crippen molar-refractivity contribution < 1.29 is 0 Å². The predicted octanol–water partition coefficient (Wildman–Crippen LogP) is 3.65. The van der Waals surface area contributed by atoms with E-state index in [1.54, 1.807) is 0 Å². The van der Waals surface area contributed by atoms with Gasteiger partial charge in [-0.15, -0.1) is 0 Å². The maximum Gasteiger partial charge on any atom is 0.0246 e. The van der Waals surface area contributed by atoms with Crippen LogP contribution in [0.15, 0.2) is 0 Å². The first-order valence-electron chi connectivity index (χ1n) is 8.05. The smallest absolute Gasteiger partial charge is 0.0246 e. The Morgan fingerprint density at radius 1 is 1.17 bits per heavy atom. The lowest BCUT2D eigenvalue weighted by Crippen LogP contribution is -2.49. The molecule has 0 bridgehead atoms. The van der Waals surface area contributed by atoms with Crippen LogP contribution in [0.3, 0.4) is 0 Å². The van der Waals surface area contributed by atoms with Crippen molar-refractivity contribution in [3.8, 4) is 0 Å². The lowest BCUT2D eigenvalue weighted by molar-refractivity contribution is 0.0947. The molecule has 2 nitrogen and oxygen atoms in total. The third-order valence-corrected chi connectivity index (χ3v) is 4.73. The Bertz CT molecular complexity index is 209. The van der Waals surface area contributed by atoms with E-state index in [0.29, 0.717) is 6.04 Å². The number of nitrogens with two attached hydrogens (primary N) is 1. The van der Waals surface area contributed by atoms with Crippen LogP contribution < -0.4 is 5.73 Å². The minimum Gasteiger partial charge on any atom is -0.329 e. The summed E-state index contributed by atoms with van der Waals surface area (Å²) in [7, 11) is 0. The molecule has 0 spiro atoms. The third-order valence-electron chi connectivity index (χ3n) is 4.73. The van der Waals surface area contributed by atoms with Gasteiger partial charge >= 0.3 is 0 Å². The van der Waals surface area contributed by atoms with Crippen LogP contribution in [0, 0.1) is 11.8 Å². The number of nitrogens with zero attached hydrogens (tertiary/aromatic N) is 1. The zero-order valence-electron chi connectivity index (χ0n) is 13.0. The van der Waals surface area contributed by atoms with Gasteiger partial charge in [0.1, 0.15) is 0 Å². The lowest BCUT2D eigenvalue weighted by Gasteiger charge is -2.39. The van der Waals surface area contributed by atoms with Gasteiger partial charge in [-0.25, -0.2) is 0 Å². The molecule has 0 aromatic rings. The van der Waals surface area contributed by atoms with Crippen molar-refractivity contribution >= 4 is 0 Å². The molecule has 0 saturated heterocycles. The molecule has 1 fully saturated rings. The van der Waals surface area contributed by atoms with Crippen molar-refractivity contribution in [1.82, 2.24) is 4.90 Å². The molecule has 1 rings (SSSR count). The van der Waals surface area contributed by atoms with Crippen LogP contribution in [0.25, 0.3) is 0 Å². The van der Waals surface area contributed by atoms with Gasteiger partial charge in [-0.2, -0.15) is 0 Å². The fourth-order valence-electron chi connectivity index (χ4n) is 3.23. The minimum atomic E-state index is 0.594. The van der Waals surface area contributed by atoms with Crippen molar-refractivity contribution in [1.29, 1.82) is 0 Å². The highest BCUT2D eigenvalue weighted by Gasteiger charge is 2.30. The topological polar surface area (TPSA) is 29.3 Å². The molecule has 0 aliphatic heterocycles. The summed E-state index contributed by atoms with van der Waals surface area (Å²) in [6.07, 6.45) is 8.17. The molecule has 1 saturated carbocycles. The van der Waals surface area contributed by atoms with E-state index >= 15 is 0 Å². The highest BCUT2D eigenvalue weighted by Crippen LogP contribution is 2.28. The predicted molar refractivity (Wildman–Crippen MR) is 80.7 cm³/mol. The first kappa shape index (κ1) is 16.0. The van der Waals surface area contributed by atoms with Gasteiger partial charge in [0.05, 0.1) is 0 Å². The van der Waals surface area contributed by atoms with E-state index in [1.807, 2.05) is 0 Å². The Morgan fingerprint density at radius 2 is 1.78 bits per heavy atom. The Balaban J connectivity index is 2.66. The Hall–Kier alpha value is -0.0800. The maximum atomic E-state index is 6.08. The van der Waals surface area contributed by atoms with Crippen LogP contribution in [0.1, 0.15) is 66.2 Å². The second-order valence-corrected chi connectivity index (χ2v) is 6.55. The van der Waals surface area contributed by atoms with Gasteiger partial charge in [-0.05, 0) is 37.6 Å². The van der Waals surface area contributed by atoms with Crippen molar-refractivity contribution in [3.63, 3.8) is 0 Å². The van der Waals surface area contributed by atoms with E-state index in [0.717, 1.165) is 24.4 Å². The monoisotopic (exact) mass is 254 g/mol. The standard InChI is InChI=1S/C16H34N2/c1-5-14(4)16(12-17)18(11-10-13(2)3)15-8-6-7-9-15/h13-16H,5-12,17H2,1-4H3. The third kappa shape index (κ3) is 4.55. The van der Waals surface area contributed by atoms with Crippen LogP contribution in [-0.2, 0) is 0 Å². The van der Waals surface area contributed by atoms with Crippen LogP contribution in [0.4, 0.5) is 0 Å². The van der Waals surface area contributed by atoms with E-state index in [4.69, 9.17) is 5.73 Å². The van der Waals surface area contributed by atoms with Gasteiger partial charge in [0.15, 0.2) is 0 Å². The summed E-state index contributed by atoms with van der Waals surface area (Å²) in [5.74, 6) is 1.52. The summed E-state index contributed by atoms with van der Waals surface area (Å²) in [5.41, 5.74) is 6.08. The van der Waals surface area contributed by atoms with E-state index in [-0.39, 0.29) is 0 Å². The second-order valence-electron chi connectivity index (χ2n) is 6.55. The Kier molecular flexibility index (Phi) is 7.25. The summed E-state index contributed by atoms with van der Waals surface area (Å²) in [4.78, 5) is 2.77. The average Bonchev–Trinajstić information content (AvgIpc) is 2.86.